The third-order valence-corrected chi connectivity index (χ3v) is 9.48. The summed E-state index contributed by atoms with van der Waals surface area (Å²) in [5, 5.41) is 0. The minimum Gasteiger partial charge on any atom is -0.462 e. The summed E-state index contributed by atoms with van der Waals surface area (Å²) in [7, 11) is -4.38. The Balaban J connectivity index is 4.21. The quantitative estimate of drug-likeness (QED) is 0.0274. The van der Waals surface area contributed by atoms with Crippen molar-refractivity contribution in [2.24, 2.45) is 5.73 Å². The van der Waals surface area contributed by atoms with E-state index < -0.39 is 32.5 Å². The lowest BCUT2D eigenvalue weighted by Crippen LogP contribution is -2.29. The van der Waals surface area contributed by atoms with E-state index in [1.54, 1.807) is 0 Å². The highest BCUT2D eigenvalue weighted by Crippen LogP contribution is 2.43. The molecule has 3 N–H and O–H groups in total. The molecular weight excluding hydrogens is 665 g/mol. The second-order valence-corrected chi connectivity index (χ2v) is 14.9. The maximum Gasteiger partial charge on any atom is 0.472 e. The van der Waals surface area contributed by atoms with Crippen molar-refractivity contribution in [1.82, 2.24) is 0 Å². The minimum atomic E-state index is -4.38. The van der Waals surface area contributed by atoms with Gasteiger partial charge in [-0.1, -0.05) is 134 Å². The molecule has 0 heterocycles. The predicted molar refractivity (Wildman–Crippen MR) is 210 cm³/mol. The van der Waals surface area contributed by atoms with Gasteiger partial charge in [-0.3, -0.25) is 18.6 Å². The molecule has 0 aromatic carbocycles. The Bertz CT molecular complexity index is 939. The van der Waals surface area contributed by atoms with E-state index in [9.17, 15) is 19.0 Å². The van der Waals surface area contributed by atoms with Crippen molar-refractivity contribution in [3.63, 3.8) is 0 Å². The van der Waals surface area contributed by atoms with Crippen molar-refractivity contribution in [2.45, 2.75) is 187 Å². The van der Waals surface area contributed by atoms with Gasteiger partial charge in [0.2, 0.25) is 0 Å². The maximum absolute atomic E-state index is 12.6. The summed E-state index contributed by atoms with van der Waals surface area (Å²) in [6, 6.07) is 0. The first-order valence-corrected chi connectivity index (χ1v) is 22.0. The number of rotatable bonds is 38. The zero-order chi connectivity index (χ0) is 37.5. The number of esters is 2. The van der Waals surface area contributed by atoms with Crippen LogP contribution in [0.3, 0.4) is 0 Å². The van der Waals surface area contributed by atoms with Crippen LogP contribution in [0.15, 0.2) is 36.5 Å². The summed E-state index contributed by atoms with van der Waals surface area (Å²) in [4.78, 5) is 34.8. The highest BCUT2D eigenvalue weighted by Gasteiger charge is 2.26. The SMILES string of the molecule is CCCCCC=CCC=CCCCCCCCCCC(=O)OC(COC(=O)CCCCCCCC=CCCCCCC)COP(=O)(O)OCCN. The van der Waals surface area contributed by atoms with Gasteiger partial charge in [0.25, 0.3) is 0 Å². The van der Waals surface area contributed by atoms with Crippen LogP contribution in [-0.4, -0.2) is 49.3 Å². The van der Waals surface area contributed by atoms with Crippen molar-refractivity contribution in [3.8, 4) is 0 Å². The van der Waals surface area contributed by atoms with Crippen LogP contribution in [0.25, 0.3) is 0 Å². The molecule has 51 heavy (non-hydrogen) atoms. The van der Waals surface area contributed by atoms with E-state index >= 15 is 0 Å². The van der Waals surface area contributed by atoms with Gasteiger partial charge in [-0.15, -0.1) is 0 Å². The molecule has 9 nitrogen and oxygen atoms in total. The Morgan fingerprint density at radius 2 is 1.02 bits per heavy atom. The molecule has 0 spiro atoms. The van der Waals surface area contributed by atoms with Crippen LogP contribution in [0.5, 0.6) is 0 Å². The van der Waals surface area contributed by atoms with Gasteiger partial charge >= 0.3 is 19.8 Å². The molecule has 0 radical (unpaired) electrons. The van der Waals surface area contributed by atoms with E-state index in [2.05, 4.69) is 50.3 Å². The summed E-state index contributed by atoms with van der Waals surface area (Å²) < 4.78 is 32.7. The normalized spacial score (nSPS) is 13.7. The van der Waals surface area contributed by atoms with Crippen molar-refractivity contribution >= 4 is 19.8 Å². The van der Waals surface area contributed by atoms with Crippen molar-refractivity contribution < 1.29 is 37.6 Å². The molecule has 0 aromatic rings. The number of phosphoric acid groups is 1. The van der Waals surface area contributed by atoms with Gasteiger partial charge in [-0.05, 0) is 70.6 Å². The molecule has 0 saturated heterocycles. The molecule has 0 aliphatic rings. The van der Waals surface area contributed by atoms with Gasteiger partial charge in [0.1, 0.15) is 6.61 Å². The number of ether oxygens (including phenoxy) is 2. The van der Waals surface area contributed by atoms with Crippen molar-refractivity contribution in [2.75, 3.05) is 26.4 Å². The molecule has 2 atom stereocenters. The van der Waals surface area contributed by atoms with E-state index in [4.69, 9.17) is 24.3 Å². The number of hydrogen-bond acceptors (Lipinski definition) is 8. The van der Waals surface area contributed by atoms with E-state index in [0.717, 1.165) is 70.6 Å². The van der Waals surface area contributed by atoms with Gasteiger partial charge in [0.05, 0.1) is 13.2 Å². The highest BCUT2D eigenvalue weighted by molar-refractivity contribution is 7.47. The molecule has 2 unspecified atom stereocenters. The maximum atomic E-state index is 12.6. The van der Waals surface area contributed by atoms with E-state index in [1.165, 1.54) is 77.0 Å². The Morgan fingerprint density at radius 3 is 1.55 bits per heavy atom. The van der Waals surface area contributed by atoms with Gasteiger partial charge in [0, 0.05) is 19.4 Å². The summed E-state index contributed by atoms with van der Waals surface area (Å²) >= 11 is 0. The third-order valence-electron chi connectivity index (χ3n) is 8.50. The molecular formula is C41H76NO8P. The van der Waals surface area contributed by atoms with Gasteiger partial charge in [-0.2, -0.15) is 0 Å². The molecule has 0 saturated carbocycles. The molecule has 0 bridgehead atoms. The van der Waals surface area contributed by atoms with Crippen LogP contribution in [0.4, 0.5) is 0 Å². The average molecular weight is 742 g/mol. The molecule has 0 rings (SSSR count). The Kier molecular flexibility index (Phi) is 36.7. The topological polar surface area (TPSA) is 134 Å². The summed E-state index contributed by atoms with van der Waals surface area (Å²) in [5.41, 5.74) is 5.34. The van der Waals surface area contributed by atoms with E-state index in [-0.39, 0.29) is 32.6 Å². The van der Waals surface area contributed by atoms with Gasteiger partial charge < -0.3 is 20.1 Å². The van der Waals surface area contributed by atoms with E-state index in [0.29, 0.717) is 6.42 Å². The standard InChI is InChI=1S/C41H76NO8P/c1-3-5-7-9-11-13-15-17-18-19-20-22-24-26-28-30-32-34-41(44)50-39(38-49-51(45,46)48-36-35-42)37-47-40(43)33-31-29-27-25-23-21-16-14-12-10-8-6-4-2/h11,13-14,16-18,39H,3-10,12,15,19-38,42H2,1-2H3,(H,45,46). The Hall–Kier alpha value is -1.77. The first kappa shape index (κ1) is 49.2. The number of carbonyl (C=O) groups excluding carboxylic acids is 2. The minimum absolute atomic E-state index is 0.0505. The van der Waals surface area contributed by atoms with Crippen LogP contribution in [0, 0.1) is 0 Å². The lowest BCUT2D eigenvalue weighted by atomic mass is 10.1. The monoisotopic (exact) mass is 742 g/mol. The lowest BCUT2D eigenvalue weighted by Gasteiger charge is -2.19. The van der Waals surface area contributed by atoms with Crippen molar-refractivity contribution in [3.05, 3.63) is 36.5 Å². The fraction of sp³-hybridized carbons (Fsp3) is 0.805. The second kappa shape index (κ2) is 38.0. The van der Waals surface area contributed by atoms with Crippen LogP contribution in [-0.2, 0) is 32.7 Å². The molecule has 298 valence electrons. The summed E-state index contributed by atoms with van der Waals surface area (Å²) in [5.74, 6) is -0.848. The van der Waals surface area contributed by atoms with Crippen LogP contribution in [0.2, 0.25) is 0 Å². The largest absolute Gasteiger partial charge is 0.472 e. The Labute approximate surface area is 312 Å². The van der Waals surface area contributed by atoms with Crippen molar-refractivity contribution in [1.29, 1.82) is 0 Å². The number of carbonyl (C=O) groups is 2. The first-order chi connectivity index (χ1) is 24.8. The fourth-order valence-corrected chi connectivity index (χ4v) is 6.19. The molecule has 0 amide bonds. The van der Waals surface area contributed by atoms with Crippen LogP contribution >= 0.6 is 7.82 Å². The summed E-state index contributed by atoms with van der Waals surface area (Å²) in [6.07, 6.45) is 40.2. The van der Waals surface area contributed by atoms with Gasteiger partial charge in [0.15, 0.2) is 6.10 Å². The van der Waals surface area contributed by atoms with E-state index in [1.807, 2.05) is 0 Å². The smallest absolute Gasteiger partial charge is 0.462 e. The molecule has 0 aliphatic heterocycles. The predicted octanol–water partition coefficient (Wildman–Crippen LogP) is 11.4. The number of hydrogen-bond donors (Lipinski definition) is 2. The molecule has 0 aromatic heterocycles. The van der Waals surface area contributed by atoms with Crippen LogP contribution in [0.1, 0.15) is 181 Å². The number of allylic oxidation sites excluding steroid dienone is 6. The zero-order valence-corrected chi connectivity index (χ0v) is 33.5. The second-order valence-electron chi connectivity index (χ2n) is 13.5. The summed E-state index contributed by atoms with van der Waals surface area (Å²) in [6.45, 7) is 3.67. The molecule has 0 fully saturated rings. The number of phosphoric ester groups is 1. The first-order valence-electron chi connectivity index (χ1n) is 20.5. The highest BCUT2D eigenvalue weighted by atomic mass is 31.2. The number of unbranched alkanes of at least 4 members (excludes halogenated alkanes) is 19. The molecule has 0 aliphatic carbocycles. The Morgan fingerprint density at radius 1 is 0.588 bits per heavy atom. The lowest BCUT2D eigenvalue weighted by molar-refractivity contribution is -0.161. The fourth-order valence-electron chi connectivity index (χ4n) is 5.42. The third kappa shape index (κ3) is 37.8. The number of nitrogens with two attached hydrogens (primary N) is 1. The average Bonchev–Trinajstić information content (AvgIpc) is 3.11. The van der Waals surface area contributed by atoms with Crippen LogP contribution < -0.4 is 5.73 Å². The molecule has 10 heteroatoms. The van der Waals surface area contributed by atoms with Gasteiger partial charge in [-0.25, -0.2) is 4.57 Å². The zero-order valence-electron chi connectivity index (χ0n) is 32.6.